The van der Waals surface area contributed by atoms with Crippen molar-refractivity contribution in [3.8, 4) is 0 Å². The third-order valence-electron chi connectivity index (χ3n) is 4.01. The number of thioether (sulfide) groups is 1. The standard InChI is InChI=1S/C17H22N4OS/c1-3-15-10-18-17(23-15)19-14-8-6-12(7-9-14)11(2)20-21-16(22)13-4-5-13/h6-9,13,15H,3-5,10H2,1-2H3,(H,18,19)(H,21,22)/b20-11-/t15-/m1/s1. The first-order chi connectivity index (χ1) is 11.2. The Bertz CT molecular complexity index is 634. The van der Waals surface area contributed by atoms with Gasteiger partial charge >= 0.3 is 0 Å². The predicted molar refractivity (Wildman–Crippen MR) is 97.1 cm³/mol. The first-order valence-corrected chi connectivity index (χ1v) is 8.96. The van der Waals surface area contributed by atoms with Gasteiger partial charge < -0.3 is 5.32 Å². The fourth-order valence-electron chi connectivity index (χ4n) is 2.26. The largest absolute Gasteiger partial charge is 0.335 e. The summed E-state index contributed by atoms with van der Waals surface area (Å²) in [6, 6.07) is 8.03. The van der Waals surface area contributed by atoms with Gasteiger partial charge in [0.25, 0.3) is 0 Å². The van der Waals surface area contributed by atoms with E-state index < -0.39 is 0 Å². The molecule has 2 aliphatic rings. The van der Waals surface area contributed by atoms with Crippen LogP contribution in [0.5, 0.6) is 0 Å². The summed E-state index contributed by atoms with van der Waals surface area (Å²) < 4.78 is 0. The number of nitrogens with zero attached hydrogens (tertiary/aromatic N) is 2. The van der Waals surface area contributed by atoms with Crippen molar-refractivity contribution in [3.05, 3.63) is 29.8 Å². The van der Waals surface area contributed by atoms with Crippen molar-refractivity contribution in [3.63, 3.8) is 0 Å². The SMILES string of the molecule is CC[C@@H]1CN=C(Nc2ccc(/C(C)=N\NC(=O)C3CC3)cc2)S1. The molecule has 0 bridgehead atoms. The van der Waals surface area contributed by atoms with Crippen molar-refractivity contribution in [1.29, 1.82) is 0 Å². The van der Waals surface area contributed by atoms with Crippen LogP contribution in [-0.2, 0) is 4.79 Å². The summed E-state index contributed by atoms with van der Waals surface area (Å²) in [5.41, 5.74) is 5.47. The van der Waals surface area contributed by atoms with Gasteiger partial charge in [-0.15, -0.1) is 0 Å². The van der Waals surface area contributed by atoms with Gasteiger partial charge in [-0.25, -0.2) is 5.43 Å². The number of rotatable bonds is 5. The molecule has 6 heteroatoms. The number of hydrogen-bond acceptors (Lipinski definition) is 5. The summed E-state index contributed by atoms with van der Waals surface area (Å²) in [7, 11) is 0. The Hall–Kier alpha value is -1.82. The van der Waals surface area contributed by atoms with Crippen LogP contribution in [0.15, 0.2) is 34.4 Å². The average molecular weight is 330 g/mol. The zero-order valence-corrected chi connectivity index (χ0v) is 14.3. The van der Waals surface area contributed by atoms with Crippen LogP contribution in [0, 0.1) is 5.92 Å². The van der Waals surface area contributed by atoms with E-state index in [1.807, 2.05) is 31.2 Å². The van der Waals surface area contributed by atoms with Crippen molar-refractivity contribution < 1.29 is 4.79 Å². The molecule has 1 aromatic carbocycles. The smallest absolute Gasteiger partial charge is 0.243 e. The molecule has 0 spiro atoms. The van der Waals surface area contributed by atoms with Gasteiger partial charge in [-0.05, 0) is 43.9 Å². The lowest BCUT2D eigenvalue weighted by Crippen LogP contribution is -2.20. The zero-order chi connectivity index (χ0) is 16.2. The molecule has 122 valence electrons. The van der Waals surface area contributed by atoms with Gasteiger partial charge in [-0.3, -0.25) is 9.79 Å². The van der Waals surface area contributed by atoms with Crippen LogP contribution >= 0.6 is 11.8 Å². The highest BCUT2D eigenvalue weighted by Crippen LogP contribution is 2.28. The molecule has 5 nitrogen and oxygen atoms in total. The highest BCUT2D eigenvalue weighted by Gasteiger charge is 2.29. The van der Waals surface area contributed by atoms with E-state index in [9.17, 15) is 4.79 Å². The molecule has 1 atom stereocenters. The van der Waals surface area contributed by atoms with Crippen LogP contribution in [0.4, 0.5) is 5.69 Å². The van der Waals surface area contributed by atoms with E-state index in [4.69, 9.17) is 0 Å². The van der Waals surface area contributed by atoms with Crippen LogP contribution < -0.4 is 10.7 Å². The normalized spacial score (nSPS) is 21.0. The molecule has 0 saturated heterocycles. The topological polar surface area (TPSA) is 65.8 Å². The number of aliphatic imine (C=N–C) groups is 1. The van der Waals surface area contributed by atoms with Crippen LogP contribution in [0.25, 0.3) is 0 Å². The van der Waals surface area contributed by atoms with Crippen LogP contribution in [0.3, 0.4) is 0 Å². The van der Waals surface area contributed by atoms with Crippen molar-refractivity contribution in [2.75, 3.05) is 11.9 Å². The van der Waals surface area contributed by atoms with Gasteiger partial charge in [0.2, 0.25) is 5.91 Å². The third kappa shape index (κ3) is 4.34. The number of amides is 1. The number of benzene rings is 1. The lowest BCUT2D eigenvalue weighted by atomic mass is 10.1. The molecule has 1 saturated carbocycles. The zero-order valence-electron chi connectivity index (χ0n) is 13.5. The highest BCUT2D eigenvalue weighted by molar-refractivity contribution is 8.15. The van der Waals surface area contributed by atoms with Crippen LogP contribution in [0.2, 0.25) is 0 Å². The fraction of sp³-hybridized carbons (Fsp3) is 0.471. The number of nitrogens with one attached hydrogen (secondary N) is 2. The summed E-state index contributed by atoms with van der Waals surface area (Å²) in [6.07, 6.45) is 3.11. The number of hydrogen-bond donors (Lipinski definition) is 2. The minimum absolute atomic E-state index is 0.0318. The minimum atomic E-state index is 0.0318. The number of hydrazone groups is 1. The second-order valence-electron chi connectivity index (χ2n) is 5.94. The van der Waals surface area contributed by atoms with E-state index in [0.717, 1.165) is 47.9 Å². The van der Waals surface area contributed by atoms with E-state index >= 15 is 0 Å². The Morgan fingerprint density at radius 2 is 2.09 bits per heavy atom. The molecule has 3 rings (SSSR count). The quantitative estimate of drug-likeness (QED) is 0.643. The Morgan fingerprint density at radius 3 is 2.70 bits per heavy atom. The van der Waals surface area contributed by atoms with Gasteiger partial charge in [0, 0.05) is 16.9 Å². The van der Waals surface area contributed by atoms with Crippen molar-refractivity contribution >= 4 is 34.2 Å². The maximum Gasteiger partial charge on any atom is 0.243 e. The Kier molecular flexibility index (Phi) is 5.00. The number of anilines is 1. The Labute approximate surface area is 141 Å². The van der Waals surface area contributed by atoms with E-state index in [1.54, 1.807) is 11.8 Å². The first kappa shape index (κ1) is 16.1. The molecule has 1 fully saturated rings. The van der Waals surface area contributed by atoms with E-state index in [2.05, 4.69) is 27.8 Å². The maximum atomic E-state index is 11.6. The molecule has 0 unspecified atom stereocenters. The van der Waals surface area contributed by atoms with Gasteiger partial charge in [-0.1, -0.05) is 30.8 Å². The third-order valence-corrected chi connectivity index (χ3v) is 5.28. The van der Waals surface area contributed by atoms with Gasteiger partial charge in [0.05, 0.1) is 12.3 Å². The summed E-state index contributed by atoms with van der Waals surface area (Å²) in [5.74, 6) is 0.208. The number of carbonyl (C=O) groups is 1. The summed E-state index contributed by atoms with van der Waals surface area (Å²) in [5, 5.41) is 9.12. The Balaban J connectivity index is 1.56. The summed E-state index contributed by atoms with van der Waals surface area (Å²) >= 11 is 1.80. The van der Waals surface area contributed by atoms with Crippen molar-refractivity contribution in [1.82, 2.24) is 5.43 Å². The molecular weight excluding hydrogens is 308 g/mol. The molecule has 0 radical (unpaired) electrons. The monoisotopic (exact) mass is 330 g/mol. The lowest BCUT2D eigenvalue weighted by molar-refractivity contribution is -0.122. The molecular formula is C17H22N4OS. The summed E-state index contributed by atoms with van der Waals surface area (Å²) in [4.78, 5) is 16.1. The van der Waals surface area contributed by atoms with Gasteiger partial charge in [0.1, 0.15) is 0 Å². The first-order valence-electron chi connectivity index (χ1n) is 8.08. The number of carbonyl (C=O) groups excluding carboxylic acids is 1. The molecule has 1 aliphatic heterocycles. The molecule has 0 aromatic heterocycles. The maximum absolute atomic E-state index is 11.6. The summed E-state index contributed by atoms with van der Waals surface area (Å²) in [6.45, 7) is 4.99. The van der Waals surface area contributed by atoms with Crippen molar-refractivity contribution in [2.24, 2.45) is 16.0 Å². The molecule has 1 aliphatic carbocycles. The van der Waals surface area contributed by atoms with E-state index in [-0.39, 0.29) is 11.8 Å². The van der Waals surface area contributed by atoms with E-state index in [1.165, 1.54) is 0 Å². The lowest BCUT2D eigenvalue weighted by Gasteiger charge is -2.08. The van der Waals surface area contributed by atoms with Gasteiger partial charge in [0.15, 0.2) is 5.17 Å². The molecule has 1 amide bonds. The second-order valence-corrected chi connectivity index (χ2v) is 7.23. The average Bonchev–Trinajstić information content (AvgIpc) is 3.33. The van der Waals surface area contributed by atoms with Crippen molar-refractivity contribution in [2.45, 2.75) is 38.4 Å². The number of amidine groups is 1. The minimum Gasteiger partial charge on any atom is -0.335 e. The predicted octanol–water partition coefficient (Wildman–Crippen LogP) is 3.23. The highest BCUT2D eigenvalue weighted by atomic mass is 32.2. The molecule has 1 heterocycles. The molecule has 1 aromatic rings. The second kappa shape index (κ2) is 7.17. The van der Waals surface area contributed by atoms with Crippen LogP contribution in [-0.4, -0.2) is 28.6 Å². The van der Waals surface area contributed by atoms with E-state index in [0.29, 0.717) is 5.25 Å². The van der Waals surface area contributed by atoms with Gasteiger partial charge in [-0.2, -0.15) is 5.10 Å². The Morgan fingerprint density at radius 1 is 1.35 bits per heavy atom. The molecule has 23 heavy (non-hydrogen) atoms. The molecule has 2 N–H and O–H groups in total. The van der Waals surface area contributed by atoms with Crippen LogP contribution in [0.1, 0.15) is 38.7 Å². The fourth-order valence-corrected chi connectivity index (χ4v) is 3.21.